The van der Waals surface area contributed by atoms with E-state index in [4.69, 9.17) is 9.84 Å². The number of halogens is 1. The van der Waals surface area contributed by atoms with E-state index in [-0.39, 0.29) is 6.61 Å². The molecule has 2 rings (SSSR count). The van der Waals surface area contributed by atoms with Gasteiger partial charge in [-0.25, -0.2) is 9.47 Å². The van der Waals surface area contributed by atoms with Crippen LogP contribution in [0, 0.1) is 0 Å². The molecule has 0 radical (unpaired) electrons. The van der Waals surface area contributed by atoms with Gasteiger partial charge in [-0.05, 0) is 39.7 Å². The average molecular weight is 325 g/mol. The van der Waals surface area contributed by atoms with Crippen LogP contribution in [0.25, 0.3) is 0 Å². The molecule has 0 fully saturated rings. The first kappa shape index (κ1) is 13.2. The van der Waals surface area contributed by atoms with Crippen molar-refractivity contribution in [1.29, 1.82) is 0 Å². The Bertz CT molecular complexity index is 598. The van der Waals surface area contributed by atoms with Crippen molar-refractivity contribution >= 4 is 28.1 Å². The molecule has 0 amide bonds. The Morgan fingerprint density at radius 3 is 2.84 bits per heavy atom. The van der Waals surface area contributed by atoms with Crippen molar-refractivity contribution in [2.24, 2.45) is 5.10 Å². The van der Waals surface area contributed by atoms with E-state index in [1.54, 1.807) is 24.4 Å². The predicted octanol–water partition coefficient (Wildman–Crippen LogP) is 1.39. The molecule has 0 unspecified atom stereocenters. The Kier molecular flexibility index (Phi) is 4.24. The quantitative estimate of drug-likeness (QED) is 0.839. The molecular weight excluding hydrogens is 316 g/mol. The van der Waals surface area contributed by atoms with Crippen molar-refractivity contribution in [3.63, 3.8) is 0 Å². The topological polar surface area (TPSA) is 89.6 Å². The van der Waals surface area contributed by atoms with Crippen LogP contribution in [0.1, 0.15) is 5.56 Å². The highest BCUT2D eigenvalue weighted by atomic mass is 79.9. The maximum atomic E-state index is 10.4. The van der Waals surface area contributed by atoms with E-state index >= 15 is 0 Å². The summed E-state index contributed by atoms with van der Waals surface area (Å²) in [5.41, 5.74) is 0.822. The van der Waals surface area contributed by atoms with Gasteiger partial charge in [-0.2, -0.15) is 5.10 Å². The second kappa shape index (κ2) is 6.10. The molecule has 19 heavy (non-hydrogen) atoms. The maximum Gasteiger partial charge on any atom is 0.341 e. The van der Waals surface area contributed by atoms with Gasteiger partial charge in [0.25, 0.3) is 0 Å². The molecule has 8 heteroatoms. The van der Waals surface area contributed by atoms with Crippen LogP contribution in [0.4, 0.5) is 0 Å². The number of rotatable bonds is 5. The van der Waals surface area contributed by atoms with Gasteiger partial charge in [0.2, 0.25) is 0 Å². The highest BCUT2D eigenvalue weighted by molar-refractivity contribution is 9.10. The molecule has 0 atom stereocenters. The first-order valence-electron chi connectivity index (χ1n) is 5.18. The van der Waals surface area contributed by atoms with Crippen LogP contribution in [0.5, 0.6) is 5.75 Å². The predicted molar refractivity (Wildman–Crippen MR) is 70.3 cm³/mol. The fourth-order valence-electron chi connectivity index (χ4n) is 1.24. The van der Waals surface area contributed by atoms with E-state index in [0.717, 1.165) is 5.56 Å². The Morgan fingerprint density at radius 2 is 2.21 bits per heavy atom. The molecule has 0 bridgehead atoms. The molecule has 0 aliphatic rings. The van der Waals surface area contributed by atoms with Crippen LogP contribution in [0.15, 0.2) is 40.4 Å². The minimum absolute atomic E-state index is 0.382. The van der Waals surface area contributed by atoms with E-state index in [9.17, 15) is 4.79 Å². The minimum Gasteiger partial charge on any atom is -0.481 e. The van der Waals surface area contributed by atoms with Crippen molar-refractivity contribution < 1.29 is 14.6 Å². The summed E-state index contributed by atoms with van der Waals surface area (Å²) in [5.74, 6) is -0.561. The molecular formula is C11H9BrN4O3. The van der Waals surface area contributed by atoms with Crippen LogP contribution < -0.4 is 4.74 Å². The Hall–Kier alpha value is -2.22. The van der Waals surface area contributed by atoms with Crippen molar-refractivity contribution in [3.05, 3.63) is 40.9 Å². The fraction of sp³-hybridized carbons (Fsp3) is 0.0909. The number of hydrogen-bond donors (Lipinski definition) is 1. The smallest absolute Gasteiger partial charge is 0.341 e. The first-order chi connectivity index (χ1) is 9.15. The number of ether oxygens (including phenoxy) is 1. The molecule has 1 aromatic heterocycles. The highest BCUT2D eigenvalue weighted by Gasteiger charge is 2.04. The number of benzene rings is 1. The third kappa shape index (κ3) is 3.88. The van der Waals surface area contributed by atoms with Crippen LogP contribution in [-0.2, 0) is 4.79 Å². The van der Waals surface area contributed by atoms with Gasteiger partial charge in [-0.3, -0.25) is 0 Å². The number of carbonyl (C=O) groups is 1. The Morgan fingerprint density at radius 1 is 1.47 bits per heavy atom. The lowest BCUT2D eigenvalue weighted by atomic mass is 10.2. The first-order valence-corrected chi connectivity index (χ1v) is 5.97. The van der Waals surface area contributed by atoms with E-state index in [0.29, 0.717) is 10.2 Å². The zero-order valence-corrected chi connectivity index (χ0v) is 11.2. The molecule has 1 aromatic carbocycles. The molecule has 0 spiro atoms. The second-order valence-electron chi connectivity index (χ2n) is 3.46. The third-order valence-electron chi connectivity index (χ3n) is 2.05. The SMILES string of the molecule is O=C(O)COc1ccc(/C=N/n2cnnc2)cc1Br. The summed E-state index contributed by atoms with van der Waals surface area (Å²) in [6, 6.07) is 5.20. The molecule has 1 N–H and O–H groups in total. The number of carboxylic acid groups (broad SMARTS) is 1. The molecule has 0 saturated carbocycles. The fourth-order valence-corrected chi connectivity index (χ4v) is 1.75. The summed E-state index contributed by atoms with van der Waals surface area (Å²) in [4.78, 5) is 10.4. The standard InChI is InChI=1S/C11H9BrN4O3/c12-9-3-8(4-15-16-6-13-14-7-16)1-2-10(9)19-5-11(17)18/h1-4,6-7H,5H2,(H,17,18)/b15-4+. The number of aliphatic carboxylic acids is 1. The third-order valence-corrected chi connectivity index (χ3v) is 2.67. The van der Waals surface area contributed by atoms with Crippen molar-refractivity contribution in [1.82, 2.24) is 14.9 Å². The summed E-state index contributed by atoms with van der Waals surface area (Å²) in [6.07, 6.45) is 4.56. The summed E-state index contributed by atoms with van der Waals surface area (Å²) in [7, 11) is 0. The van der Waals surface area contributed by atoms with Gasteiger partial charge >= 0.3 is 5.97 Å². The summed E-state index contributed by atoms with van der Waals surface area (Å²) in [6.45, 7) is -0.382. The normalized spacial score (nSPS) is 10.8. The van der Waals surface area contributed by atoms with Crippen LogP contribution in [-0.4, -0.2) is 38.8 Å². The number of nitrogens with zero attached hydrogens (tertiary/aromatic N) is 4. The van der Waals surface area contributed by atoms with Gasteiger partial charge in [0.1, 0.15) is 18.4 Å². The van der Waals surface area contributed by atoms with E-state index in [2.05, 4.69) is 31.2 Å². The summed E-state index contributed by atoms with van der Waals surface area (Å²) < 4.78 is 7.20. The maximum absolute atomic E-state index is 10.4. The minimum atomic E-state index is -1.02. The van der Waals surface area contributed by atoms with Gasteiger partial charge in [-0.15, -0.1) is 10.2 Å². The molecule has 2 aromatic rings. The van der Waals surface area contributed by atoms with Gasteiger partial charge in [0.15, 0.2) is 6.61 Å². The van der Waals surface area contributed by atoms with Gasteiger partial charge in [0, 0.05) is 0 Å². The molecule has 98 valence electrons. The van der Waals surface area contributed by atoms with Gasteiger partial charge in [-0.1, -0.05) is 0 Å². The number of aromatic nitrogens is 3. The van der Waals surface area contributed by atoms with E-state index < -0.39 is 5.97 Å². The van der Waals surface area contributed by atoms with Gasteiger partial charge in [0.05, 0.1) is 10.7 Å². The van der Waals surface area contributed by atoms with Crippen LogP contribution in [0.2, 0.25) is 0 Å². The second-order valence-corrected chi connectivity index (χ2v) is 4.31. The molecule has 1 heterocycles. The average Bonchev–Trinajstić information content (AvgIpc) is 2.88. The molecule has 0 aliphatic carbocycles. The molecule has 7 nitrogen and oxygen atoms in total. The van der Waals surface area contributed by atoms with Crippen LogP contribution >= 0.6 is 15.9 Å². The lowest BCUT2D eigenvalue weighted by molar-refractivity contribution is -0.139. The Labute approximate surface area is 116 Å². The summed E-state index contributed by atoms with van der Waals surface area (Å²) >= 11 is 3.30. The van der Waals surface area contributed by atoms with Crippen molar-refractivity contribution in [2.75, 3.05) is 6.61 Å². The largest absolute Gasteiger partial charge is 0.481 e. The van der Waals surface area contributed by atoms with E-state index in [1.807, 2.05) is 0 Å². The highest BCUT2D eigenvalue weighted by Crippen LogP contribution is 2.25. The van der Waals surface area contributed by atoms with E-state index in [1.165, 1.54) is 17.3 Å². The zero-order valence-electron chi connectivity index (χ0n) is 9.60. The molecule has 0 saturated heterocycles. The summed E-state index contributed by atoms with van der Waals surface area (Å²) in [5, 5.41) is 19.9. The van der Waals surface area contributed by atoms with Crippen molar-refractivity contribution in [3.8, 4) is 5.75 Å². The number of hydrogen-bond acceptors (Lipinski definition) is 5. The monoisotopic (exact) mass is 324 g/mol. The van der Waals surface area contributed by atoms with Crippen molar-refractivity contribution in [2.45, 2.75) is 0 Å². The lowest BCUT2D eigenvalue weighted by Crippen LogP contribution is -2.09. The zero-order chi connectivity index (χ0) is 13.7. The lowest BCUT2D eigenvalue weighted by Gasteiger charge is -2.06. The number of carboxylic acids is 1. The molecule has 0 aliphatic heterocycles. The van der Waals surface area contributed by atoms with Gasteiger partial charge < -0.3 is 9.84 Å². The Balaban J connectivity index is 2.08. The van der Waals surface area contributed by atoms with Crippen LogP contribution in [0.3, 0.4) is 0 Å².